The predicted octanol–water partition coefficient (Wildman–Crippen LogP) is 3.70. The molecule has 0 bridgehead atoms. The normalized spacial score (nSPS) is 16.6. The molecule has 2 rings (SSSR count). The van der Waals surface area contributed by atoms with E-state index in [2.05, 4.69) is 36.3 Å². The molecular weight excluding hydrogens is 489 g/mol. The van der Waals surface area contributed by atoms with Gasteiger partial charge in [0.15, 0.2) is 5.96 Å². The number of halogens is 1. The lowest BCUT2D eigenvalue weighted by Gasteiger charge is -2.32. The van der Waals surface area contributed by atoms with Gasteiger partial charge in [0, 0.05) is 37.9 Å². The molecule has 1 saturated heterocycles. The van der Waals surface area contributed by atoms with Gasteiger partial charge in [-0.25, -0.2) is 0 Å². The van der Waals surface area contributed by atoms with E-state index >= 15 is 0 Å². The van der Waals surface area contributed by atoms with Crippen LogP contribution in [0.1, 0.15) is 59.3 Å². The largest absolute Gasteiger partial charge is 0.357 e. The Bertz CT molecular complexity index is 653. The Morgan fingerprint density at radius 3 is 2.47 bits per heavy atom. The third-order valence-corrected chi connectivity index (χ3v) is 5.68. The van der Waals surface area contributed by atoms with Gasteiger partial charge in [-0.05, 0) is 57.7 Å². The number of nitrogens with one attached hydrogen (secondary N) is 2. The molecular formula is C23H42IN5O. The van der Waals surface area contributed by atoms with Crippen molar-refractivity contribution in [3.63, 3.8) is 0 Å². The lowest BCUT2D eigenvalue weighted by Crippen LogP contribution is -2.44. The molecule has 6 nitrogen and oxygen atoms in total. The number of hydrogen-bond donors (Lipinski definition) is 2. The molecule has 1 atom stereocenters. The molecule has 0 radical (unpaired) electrons. The zero-order valence-electron chi connectivity index (χ0n) is 19.1. The van der Waals surface area contributed by atoms with Crippen molar-refractivity contribution >= 4 is 29.9 Å². The minimum atomic E-state index is 0. The zero-order valence-corrected chi connectivity index (χ0v) is 21.4. The van der Waals surface area contributed by atoms with Crippen LogP contribution in [-0.2, 0) is 6.54 Å². The molecule has 2 heterocycles. The Hall–Kier alpha value is -1.09. The SMILES string of the molecule is CCNC(=NCC(C(C)C)N1CCCCCC1)NCCCCn1ccccc1=O.I. The Labute approximate surface area is 199 Å². The molecule has 1 aliphatic heterocycles. The average molecular weight is 532 g/mol. The van der Waals surface area contributed by atoms with Crippen LogP contribution in [0.4, 0.5) is 0 Å². The molecule has 0 aliphatic carbocycles. The molecule has 1 unspecified atom stereocenters. The van der Waals surface area contributed by atoms with Crippen LogP contribution < -0.4 is 16.2 Å². The van der Waals surface area contributed by atoms with Crippen molar-refractivity contribution in [1.29, 1.82) is 0 Å². The molecule has 0 saturated carbocycles. The van der Waals surface area contributed by atoms with Crippen LogP contribution >= 0.6 is 24.0 Å². The highest BCUT2D eigenvalue weighted by atomic mass is 127. The predicted molar refractivity (Wildman–Crippen MR) is 138 cm³/mol. The van der Waals surface area contributed by atoms with Crippen LogP contribution in [0.5, 0.6) is 0 Å². The quantitative estimate of drug-likeness (QED) is 0.209. The third kappa shape index (κ3) is 9.81. The summed E-state index contributed by atoms with van der Waals surface area (Å²) >= 11 is 0. The van der Waals surface area contributed by atoms with E-state index in [9.17, 15) is 4.79 Å². The Morgan fingerprint density at radius 2 is 1.83 bits per heavy atom. The number of rotatable bonds is 10. The van der Waals surface area contributed by atoms with E-state index < -0.39 is 0 Å². The summed E-state index contributed by atoms with van der Waals surface area (Å²) < 4.78 is 1.77. The van der Waals surface area contributed by atoms with E-state index in [-0.39, 0.29) is 29.5 Å². The van der Waals surface area contributed by atoms with Crippen LogP contribution in [0.3, 0.4) is 0 Å². The fourth-order valence-corrected chi connectivity index (χ4v) is 3.96. The Morgan fingerprint density at radius 1 is 1.10 bits per heavy atom. The van der Waals surface area contributed by atoms with Gasteiger partial charge < -0.3 is 15.2 Å². The van der Waals surface area contributed by atoms with Crippen molar-refractivity contribution in [3.05, 3.63) is 34.7 Å². The van der Waals surface area contributed by atoms with Gasteiger partial charge in [0.25, 0.3) is 0 Å². The zero-order chi connectivity index (χ0) is 20.9. The minimum absolute atomic E-state index is 0. The summed E-state index contributed by atoms with van der Waals surface area (Å²) in [4.78, 5) is 19.3. The summed E-state index contributed by atoms with van der Waals surface area (Å²) in [6, 6.07) is 5.82. The smallest absolute Gasteiger partial charge is 0.250 e. The second-order valence-electron chi connectivity index (χ2n) is 8.35. The molecule has 0 amide bonds. The van der Waals surface area contributed by atoms with Crippen molar-refractivity contribution in [3.8, 4) is 0 Å². The van der Waals surface area contributed by atoms with Crippen molar-refractivity contribution in [1.82, 2.24) is 20.1 Å². The second-order valence-corrected chi connectivity index (χ2v) is 8.35. The monoisotopic (exact) mass is 531 g/mol. The highest BCUT2D eigenvalue weighted by molar-refractivity contribution is 14.0. The molecule has 2 N–H and O–H groups in total. The van der Waals surface area contributed by atoms with Gasteiger partial charge in [0.2, 0.25) is 5.56 Å². The number of unbranched alkanes of at least 4 members (excludes halogenated alkanes) is 1. The Kier molecular flexibility index (Phi) is 14.1. The molecule has 0 spiro atoms. The molecule has 0 aromatic carbocycles. The van der Waals surface area contributed by atoms with E-state index in [0.29, 0.717) is 12.0 Å². The van der Waals surface area contributed by atoms with Gasteiger partial charge in [0.05, 0.1) is 6.54 Å². The van der Waals surface area contributed by atoms with E-state index in [1.807, 2.05) is 12.3 Å². The minimum Gasteiger partial charge on any atom is -0.357 e. The molecule has 30 heavy (non-hydrogen) atoms. The van der Waals surface area contributed by atoms with Crippen molar-refractivity contribution in [2.24, 2.45) is 10.9 Å². The van der Waals surface area contributed by atoms with Gasteiger partial charge in [-0.15, -0.1) is 24.0 Å². The number of aromatic nitrogens is 1. The molecule has 7 heteroatoms. The summed E-state index contributed by atoms with van der Waals surface area (Å²) in [6.07, 6.45) is 9.19. The maximum Gasteiger partial charge on any atom is 0.250 e. The number of pyridine rings is 1. The first-order valence-electron chi connectivity index (χ1n) is 11.5. The van der Waals surface area contributed by atoms with Crippen LogP contribution in [0.15, 0.2) is 34.2 Å². The summed E-state index contributed by atoms with van der Waals surface area (Å²) in [5.74, 6) is 1.51. The maximum atomic E-state index is 11.7. The number of nitrogens with zero attached hydrogens (tertiary/aromatic N) is 3. The topological polar surface area (TPSA) is 61.7 Å². The van der Waals surface area contributed by atoms with Crippen LogP contribution in [-0.4, -0.2) is 54.2 Å². The molecule has 1 aromatic rings. The first-order chi connectivity index (χ1) is 14.1. The maximum absolute atomic E-state index is 11.7. The van der Waals surface area contributed by atoms with Crippen LogP contribution in [0, 0.1) is 5.92 Å². The van der Waals surface area contributed by atoms with E-state index in [1.165, 1.54) is 38.8 Å². The molecule has 1 fully saturated rings. The van der Waals surface area contributed by atoms with Crippen molar-refractivity contribution in [2.75, 3.05) is 32.7 Å². The summed E-state index contributed by atoms with van der Waals surface area (Å²) in [5, 5.41) is 6.84. The number of hydrogen-bond acceptors (Lipinski definition) is 3. The second kappa shape index (κ2) is 15.7. The van der Waals surface area contributed by atoms with Crippen molar-refractivity contribution in [2.45, 2.75) is 71.9 Å². The fraction of sp³-hybridized carbons (Fsp3) is 0.739. The fourth-order valence-electron chi connectivity index (χ4n) is 3.96. The summed E-state index contributed by atoms with van der Waals surface area (Å²) in [5.41, 5.74) is 0.0728. The number of aliphatic imine (C=N–C) groups is 1. The van der Waals surface area contributed by atoms with Gasteiger partial charge in [0.1, 0.15) is 0 Å². The summed E-state index contributed by atoms with van der Waals surface area (Å²) in [7, 11) is 0. The molecule has 172 valence electrons. The number of likely N-dealkylation sites (tertiary alicyclic amines) is 1. The average Bonchev–Trinajstić information content (AvgIpc) is 2.98. The van der Waals surface area contributed by atoms with Crippen LogP contribution in [0.25, 0.3) is 0 Å². The molecule has 1 aromatic heterocycles. The van der Waals surface area contributed by atoms with Gasteiger partial charge in [-0.2, -0.15) is 0 Å². The lowest BCUT2D eigenvalue weighted by molar-refractivity contribution is 0.166. The third-order valence-electron chi connectivity index (χ3n) is 5.68. The summed E-state index contributed by atoms with van der Waals surface area (Å²) in [6.45, 7) is 12.5. The van der Waals surface area contributed by atoms with Gasteiger partial charge in [-0.3, -0.25) is 14.7 Å². The highest BCUT2D eigenvalue weighted by Gasteiger charge is 2.22. The number of aryl methyl sites for hydroxylation is 1. The first-order valence-corrected chi connectivity index (χ1v) is 11.5. The van der Waals surface area contributed by atoms with E-state index in [4.69, 9.17) is 4.99 Å². The first kappa shape index (κ1) is 26.9. The van der Waals surface area contributed by atoms with Gasteiger partial charge >= 0.3 is 0 Å². The highest BCUT2D eigenvalue weighted by Crippen LogP contribution is 2.17. The molecule has 1 aliphatic rings. The number of guanidine groups is 1. The standard InChI is InChI=1S/C23H41N5O.HI/c1-4-24-23(25-14-8-12-18-28-17-11-7-13-22(28)29)26-19-21(20(2)3)27-15-9-5-6-10-16-27;/h7,11,13,17,20-21H,4-6,8-10,12,14-16,18-19H2,1-3H3,(H2,24,25,26);1H. The van der Waals surface area contributed by atoms with Crippen LogP contribution in [0.2, 0.25) is 0 Å². The lowest BCUT2D eigenvalue weighted by atomic mass is 10.0. The Balaban J connectivity index is 0.00000450. The van der Waals surface area contributed by atoms with E-state index in [1.54, 1.807) is 16.7 Å². The van der Waals surface area contributed by atoms with E-state index in [0.717, 1.165) is 45.0 Å². The van der Waals surface area contributed by atoms with Gasteiger partial charge in [-0.1, -0.05) is 32.8 Å². The van der Waals surface area contributed by atoms with Crippen molar-refractivity contribution < 1.29 is 0 Å².